The minimum Gasteiger partial charge on any atom is -0.490 e. The molecule has 2 unspecified atom stereocenters. The molecule has 0 aromatic heterocycles. The molecule has 0 aliphatic carbocycles. The number of fused-ring (bicyclic) bond motifs is 1. The lowest BCUT2D eigenvalue weighted by Gasteiger charge is -2.42. The molecule has 4 aromatic rings. The maximum absolute atomic E-state index is 13.6. The zero-order valence-corrected chi connectivity index (χ0v) is 28.5. The first-order chi connectivity index (χ1) is 25.1. The van der Waals surface area contributed by atoms with Gasteiger partial charge in [-0.15, -0.1) is 0 Å². The van der Waals surface area contributed by atoms with E-state index in [0.29, 0.717) is 18.2 Å². The van der Waals surface area contributed by atoms with Gasteiger partial charge >= 0.3 is 23.9 Å². The van der Waals surface area contributed by atoms with Gasteiger partial charge < -0.3 is 34.5 Å². The van der Waals surface area contributed by atoms with Gasteiger partial charge in [0.1, 0.15) is 24.3 Å². The molecule has 0 amide bonds. The molecule has 4 aromatic carbocycles. The number of nitrogens with zero attached hydrogens (tertiary/aromatic N) is 1. The second kappa shape index (κ2) is 18.5. The Morgan fingerprint density at radius 2 is 1.35 bits per heavy atom. The van der Waals surface area contributed by atoms with Crippen LogP contribution in [0.1, 0.15) is 37.9 Å². The third kappa shape index (κ3) is 10.3. The van der Waals surface area contributed by atoms with Crippen molar-refractivity contribution in [2.24, 2.45) is 0 Å². The van der Waals surface area contributed by atoms with Crippen LogP contribution in [0.3, 0.4) is 0 Å². The molecule has 0 spiro atoms. The zero-order valence-electron chi connectivity index (χ0n) is 27.7. The minimum absolute atomic E-state index is 0.0318. The number of aliphatic hydroxyl groups is 2. The number of carbonyl (C=O) groups excluding carboxylic acids is 4. The Balaban J connectivity index is 0.000000201. The van der Waals surface area contributed by atoms with Crippen LogP contribution >= 0.6 is 11.6 Å². The first-order valence-electron chi connectivity index (χ1n) is 16.3. The molecule has 12 nitrogen and oxygen atoms in total. The molecule has 272 valence electrons. The largest absolute Gasteiger partial charge is 0.490 e. The van der Waals surface area contributed by atoms with Gasteiger partial charge in [-0.1, -0.05) is 66.2 Å². The third-order valence-electron chi connectivity index (χ3n) is 8.11. The fourth-order valence-electron chi connectivity index (χ4n) is 5.58. The lowest BCUT2D eigenvalue weighted by Crippen LogP contribution is -2.51. The van der Waals surface area contributed by atoms with E-state index in [1.165, 1.54) is 60.7 Å². The number of carbonyl (C=O) groups is 4. The van der Waals surface area contributed by atoms with E-state index < -0.39 is 36.1 Å². The lowest BCUT2D eigenvalue weighted by molar-refractivity contribution is -0.166. The molecule has 1 saturated heterocycles. The van der Waals surface area contributed by atoms with Crippen LogP contribution in [0.15, 0.2) is 103 Å². The van der Waals surface area contributed by atoms with E-state index in [1.54, 1.807) is 18.2 Å². The Labute approximate surface area is 303 Å². The SMILES string of the molecule is Fc1cc(Cl)cc(CO[C@@H]2COc3ccccc3[C@H]2N2CCNCC2)c1.O=C(OC(=O)C(O)C(O)C(=O)OC(=O)c1ccccc1)c1ccccc1. The fraction of sp³-hybridized carbons (Fsp3) is 0.263. The molecule has 2 aliphatic rings. The number of rotatable bonds is 9. The normalized spacial score (nSPS) is 17.9. The fourth-order valence-corrected chi connectivity index (χ4v) is 5.82. The average Bonchev–Trinajstić information content (AvgIpc) is 3.17. The monoisotopic (exact) mass is 734 g/mol. The number of piperazine rings is 1. The van der Waals surface area contributed by atoms with E-state index in [9.17, 15) is 33.8 Å². The number of hydrogen-bond donors (Lipinski definition) is 3. The standard InChI is InChI=1S/C20H22ClFN2O2.C18H14O8/c21-15-9-14(10-16(22)11-15)12-25-19-13-26-18-4-2-1-3-17(18)20(19)24-7-5-23-6-8-24;19-13(17(23)25-15(21)11-7-3-1-4-8-11)14(20)18(24)26-16(22)12-9-5-2-6-10-12/h1-4,9-11,19-20,23H,5-8,12-13H2;1-10,13-14,19-20H/t19-,20-;/m1./s1. The molecule has 52 heavy (non-hydrogen) atoms. The van der Waals surface area contributed by atoms with E-state index in [2.05, 4.69) is 25.8 Å². The van der Waals surface area contributed by atoms with E-state index in [1.807, 2.05) is 18.2 Å². The van der Waals surface area contributed by atoms with E-state index >= 15 is 0 Å². The Hall–Kier alpha value is -5.02. The Morgan fingerprint density at radius 1 is 0.808 bits per heavy atom. The van der Waals surface area contributed by atoms with Gasteiger partial charge in [0.05, 0.1) is 23.8 Å². The van der Waals surface area contributed by atoms with Crippen LogP contribution in [0, 0.1) is 5.82 Å². The van der Waals surface area contributed by atoms with Crippen molar-refractivity contribution in [3.63, 3.8) is 0 Å². The molecular weight excluding hydrogens is 699 g/mol. The Kier molecular flexibility index (Phi) is 13.6. The van der Waals surface area contributed by atoms with Crippen molar-refractivity contribution in [1.82, 2.24) is 10.2 Å². The predicted octanol–water partition coefficient (Wildman–Crippen LogP) is 3.88. The van der Waals surface area contributed by atoms with Crippen molar-refractivity contribution < 1.29 is 52.7 Å². The summed E-state index contributed by atoms with van der Waals surface area (Å²) in [5.74, 6) is -4.69. The number of aliphatic hydroxyl groups excluding tert-OH is 2. The Morgan fingerprint density at radius 3 is 1.90 bits per heavy atom. The highest BCUT2D eigenvalue weighted by Crippen LogP contribution is 2.38. The summed E-state index contributed by atoms with van der Waals surface area (Å²) in [5.41, 5.74) is 1.95. The Bertz CT molecular complexity index is 1750. The molecule has 3 N–H and O–H groups in total. The topological polar surface area (TPSA) is 161 Å². The number of para-hydroxylation sites is 1. The molecule has 2 aliphatic heterocycles. The van der Waals surface area contributed by atoms with Gasteiger partial charge in [-0.3, -0.25) is 4.90 Å². The quantitative estimate of drug-likeness (QED) is 0.169. The number of nitrogens with one attached hydrogen (secondary N) is 1. The summed E-state index contributed by atoms with van der Waals surface area (Å²) in [5, 5.41) is 23.1. The highest BCUT2D eigenvalue weighted by Gasteiger charge is 2.37. The molecule has 0 saturated carbocycles. The van der Waals surface area contributed by atoms with Crippen molar-refractivity contribution >= 4 is 35.5 Å². The van der Waals surface area contributed by atoms with Gasteiger partial charge in [0.2, 0.25) is 0 Å². The zero-order chi connectivity index (χ0) is 37.0. The molecule has 4 atom stereocenters. The van der Waals surface area contributed by atoms with Crippen LogP contribution in [-0.2, 0) is 30.4 Å². The number of benzene rings is 4. The van der Waals surface area contributed by atoms with Crippen molar-refractivity contribution in [2.75, 3.05) is 32.8 Å². The van der Waals surface area contributed by atoms with Crippen LogP contribution in [0.2, 0.25) is 5.02 Å². The summed E-state index contributed by atoms with van der Waals surface area (Å²) in [6.45, 7) is 4.64. The van der Waals surface area contributed by atoms with Crippen molar-refractivity contribution in [3.8, 4) is 5.75 Å². The van der Waals surface area contributed by atoms with E-state index in [4.69, 9.17) is 21.1 Å². The molecule has 6 rings (SSSR count). The summed E-state index contributed by atoms with van der Waals surface area (Å²) in [6, 6.07) is 27.6. The summed E-state index contributed by atoms with van der Waals surface area (Å²) in [6.07, 6.45) is -4.93. The highest BCUT2D eigenvalue weighted by molar-refractivity contribution is 6.30. The van der Waals surface area contributed by atoms with Crippen LogP contribution < -0.4 is 10.1 Å². The van der Waals surface area contributed by atoms with Crippen LogP contribution in [0.25, 0.3) is 0 Å². The molecule has 2 heterocycles. The van der Waals surface area contributed by atoms with Gasteiger partial charge in [0.25, 0.3) is 0 Å². The smallest absolute Gasteiger partial charge is 0.346 e. The van der Waals surface area contributed by atoms with Crippen molar-refractivity contribution in [1.29, 1.82) is 0 Å². The first-order valence-corrected chi connectivity index (χ1v) is 16.7. The van der Waals surface area contributed by atoms with E-state index in [0.717, 1.165) is 43.1 Å². The van der Waals surface area contributed by atoms with Crippen LogP contribution in [0.4, 0.5) is 4.39 Å². The van der Waals surface area contributed by atoms with E-state index in [-0.39, 0.29) is 29.1 Å². The second-order valence-electron chi connectivity index (χ2n) is 11.7. The average molecular weight is 735 g/mol. The number of halogens is 2. The van der Waals surface area contributed by atoms with Crippen LogP contribution in [-0.4, -0.2) is 90.1 Å². The molecule has 14 heteroatoms. The second-order valence-corrected chi connectivity index (χ2v) is 12.2. The van der Waals surface area contributed by atoms with Gasteiger partial charge in [-0.2, -0.15) is 0 Å². The number of hydrogen-bond acceptors (Lipinski definition) is 12. The predicted molar refractivity (Wildman–Crippen MR) is 185 cm³/mol. The highest BCUT2D eigenvalue weighted by atomic mass is 35.5. The molecule has 0 bridgehead atoms. The van der Waals surface area contributed by atoms with Gasteiger partial charge in [0.15, 0.2) is 12.2 Å². The van der Waals surface area contributed by atoms with Crippen LogP contribution in [0.5, 0.6) is 5.75 Å². The van der Waals surface area contributed by atoms with Gasteiger partial charge in [0, 0.05) is 36.8 Å². The minimum atomic E-state index is -2.40. The molecule has 0 radical (unpaired) electrons. The summed E-state index contributed by atoms with van der Waals surface area (Å²) in [4.78, 5) is 49.2. The third-order valence-corrected chi connectivity index (χ3v) is 8.33. The van der Waals surface area contributed by atoms with Gasteiger partial charge in [-0.25, -0.2) is 23.6 Å². The van der Waals surface area contributed by atoms with Crippen molar-refractivity contribution in [3.05, 3.63) is 136 Å². The lowest BCUT2D eigenvalue weighted by atomic mass is 9.95. The van der Waals surface area contributed by atoms with Gasteiger partial charge in [-0.05, 0) is 54.1 Å². The number of ether oxygens (including phenoxy) is 4. The molecular formula is C38H36ClFN2O10. The number of esters is 4. The summed E-state index contributed by atoms with van der Waals surface area (Å²) >= 11 is 5.95. The maximum Gasteiger partial charge on any atom is 0.346 e. The maximum atomic E-state index is 13.6. The first kappa shape index (κ1) is 38.2. The van der Waals surface area contributed by atoms with Crippen molar-refractivity contribution in [2.45, 2.75) is 31.0 Å². The summed E-state index contributed by atoms with van der Waals surface area (Å²) < 4.78 is 34.5. The molecule has 1 fully saturated rings. The summed E-state index contributed by atoms with van der Waals surface area (Å²) in [7, 11) is 0.